The summed E-state index contributed by atoms with van der Waals surface area (Å²) in [6, 6.07) is -3.00. The highest BCUT2D eigenvalue weighted by atomic mass is 31.2. The third-order valence-corrected chi connectivity index (χ3v) is 15.2. The maximum absolute atomic E-state index is 12.5. The molecule has 2 aliphatic carbocycles. The maximum Gasteiger partial charge on any atom is 0.242 e. The Labute approximate surface area is 347 Å². The summed E-state index contributed by atoms with van der Waals surface area (Å²) in [4.78, 5) is 69.8. The number of aliphatic hydroxyl groups excluding tert-OH is 2. The summed E-state index contributed by atoms with van der Waals surface area (Å²) in [7, 11) is -6.91. The van der Waals surface area contributed by atoms with Crippen molar-refractivity contribution in [2.75, 3.05) is 37.7 Å². The van der Waals surface area contributed by atoms with Gasteiger partial charge in [-0.1, -0.05) is 93.9 Å². The summed E-state index contributed by atoms with van der Waals surface area (Å²) in [5, 5.41) is 30.8. The van der Waals surface area contributed by atoms with E-state index in [-0.39, 0.29) is 73.2 Å². The summed E-state index contributed by atoms with van der Waals surface area (Å²) in [6.45, 7) is 14.2. The van der Waals surface area contributed by atoms with Gasteiger partial charge in [-0.2, -0.15) is 0 Å². The molecule has 2 fully saturated rings. The number of nitrogens with one attached hydrogen (secondary N) is 4. The third-order valence-electron chi connectivity index (χ3n) is 11.1. The second-order valence-corrected chi connectivity index (χ2v) is 23.1. The number of carbonyl (C=O) groups excluding carboxylic acids is 4. The summed E-state index contributed by atoms with van der Waals surface area (Å²) in [5.74, 6) is -1.67. The zero-order chi connectivity index (χ0) is 44.4. The quantitative estimate of drug-likeness (QED) is 0.0704. The van der Waals surface area contributed by atoms with E-state index in [2.05, 4.69) is 21.3 Å². The Hall–Kier alpha value is -1.90. The van der Waals surface area contributed by atoms with Crippen LogP contribution in [0.2, 0.25) is 0 Å². The van der Waals surface area contributed by atoms with Crippen molar-refractivity contribution < 1.29 is 48.3 Å². The molecule has 0 bridgehead atoms. The van der Waals surface area contributed by atoms with Crippen molar-refractivity contribution in [2.24, 2.45) is 47.0 Å². The largest absolute Gasteiger partial charge is 0.391 e. The molecule has 12 N–H and O–H groups in total. The Morgan fingerprint density at radius 3 is 1.09 bits per heavy atom. The van der Waals surface area contributed by atoms with E-state index in [0.29, 0.717) is 0 Å². The Kier molecular flexibility index (Phi) is 24.7. The van der Waals surface area contributed by atoms with Gasteiger partial charge in [0.05, 0.1) is 36.6 Å². The van der Waals surface area contributed by atoms with Gasteiger partial charge in [0.2, 0.25) is 38.4 Å². The van der Waals surface area contributed by atoms with Crippen LogP contribution in [0.4, 0.5) is 0 Å². The van der Waals surface area contributed by atoms with E-state index in [1.165, 1.54) is 12.8 Å². The van der Waals surface area contributed by atoms with Gasteiger partial charge in [0.1, 0.15) is 12.1 Å². The minimum absolute atomic E-state index is 0.0597. The van der Waals surface area contributed by atoms with Crippen LogP contribution < -0.4 is 32.7 Å². The number of aliphatic hydroxyl groups is 2. The van der Waals surface area contributed by atoms with Crippen molar-refractivity contribution in [1.82, 2.24) is 21.3 Å². The molecule has 0 aliphatic heterocycles. The summed E-state index contributed by atoms with van der Waals surface area (Å²) < 4.78 is 25.0. The highest BCUT2D eigenvalue weighted by Gasteiger charge is 2.32. The number of amides is 4. The fraction of sp³-hybridized carbons (Fsp3) is 0.900. The molecule has 340 valence electrons. The molecule has 0 aromatic carbocycles. The zero-order valence-electron chi connectivity index (χ0n) is 36.5. The minimum Gasteiger partial charge on any atom is -0.391 e. The molecule has 16 nitrogen and oxygen atoms in total. The number of carbonyl (C=O) groups is 4. The predicted molar refractivity (Wildman–Crippen MR) is 229 cm³/mol. The van der Waals surface area contributed by atoms with Crippen LogP contribution in [0.1, 0.15) is 120 Å². The van der Waals surface area contributed by atoms with Crippen molar-refractivity contribution in [3.63, 3.8) is 0 Å². The Balaban J connectivity index is 0.000000580. The van der Waals surface area contributed by atoms with Gasteiger partial charge in [-0.15, -0.1) is 0 Å². The SMILES string of the molecule is CC(C)[C@@H](N)C(=O)N[C@@H](C(=O)NC[C@@H](O)CP(=O)(O)CC1CCCCC1)C(C)C.CC(C)[C@H](NC(=O)[C@H](N)C(C)C)C(=O)NC[C@@H](O)CP(=O)(O)CC1CCCCC1. The lowest BCUT2D eigenvalue weighted by Crippen LogP contribution is -2.55. The summed E-state index contributed by atoms with van der Waals surface area (Å²) in [5.41, 5.74) is 11.7. The van der Waals surface area contributed by atoms with Gasteiger partial charge < -0.3 is 52.7 Å². The summed E-state index contributed by atoms with van der Waals surface area (Å²) in [6.07, 6.45) is 8.34. The lowest BCUT2D eigenvalue weighted by Gasteiger charge is -2.26. The normalized spacial score (nSPS) is 20.7. The average Bonchev–Trinajstić information content (AvgIpc) is 3.13. The minimum atomic E-state index is -3.45. The topological polar surface area (TPSA) is 284 Å². The van der Waals surface area contributed by atoms with Crippen LogP contribution >= 0.6 is 14.7 Å². The van der Waals surface area contributed by atoms with E-state index in [0.717, 1.165) is 51.4 Å². The second-order valence-electron chi connectivity index (χ2n) is 18.2. The highest BCUT2D eigenvalue weighted by molar-refractivity contribution is 7.58. The van der Waals surface area contributed by atoms with Crippen molar-refractivity contribution >= 4 is 38.4 Å². The van der Waals surface area contributed by atoms with Gasteiger partial charge >= 0.3 is 0 Å². The fourth-order valence-electron chi connectivity index (χ4n) is 7.31. The first-order valence-electron chi connectivity index (χ1n) is 21.5. The molecule has 0 saturated heterocycles. The number of hydrogen-bond acceptors (Lipinski definition) is 10. The van der Waals surface area contributed by atoms with Crippen molar-refractivity contribution in [1.29, 1.82) is 0 Å². The van der Waals surface area contributed by atoms with Gasteiger partial charge in [-0.3, -0.25) is 28.3 Å². The molecule has 2 aliphatic rings. The van der Waals surface area contributed by atoms with Gasteiger partial charge in [0.25, 0.3) is 0 Å². The average molecular weight is 867 g/mol. The van der Waals surface area contributed by atoms with Gasteiger partial charge in [0.15, 0.2) is 0 Å². The van der Waals surface area contributed by atoms with Gasteiger partial charge in [0, 0.05) is 25.4 Å². The van der Waals surface area contributed by atoms with E-state index in [4.69, 9.17) is 11.5 Å². The van der Waals surface area contributed by atoms with E-state index in [1.807, 2.05) is 27.7 Å². The lowest BCUT2D eigenvalue weighted by atomic mass is 9.91. The van der Waals surface area contributed by atoms with Crippen LogP contribution in [-0.2, 0) is 28.3 Å². The molecule has 0 heterocycles. The molecule has 0 aromatic rings. The van der Waals surface area contributed by atoms with E-state index in [9.17, 15) is 48.3 Å². The molecule has 58 heavy (non-hydrogen) atoms. The van der Waals surface area contributed by atoms with Crippen LogP contribution in [0.15, 0.2) is 0 Å². The first-order chi connectivity index (χ1) is 26.9. The molecule has 18 heteroatoms. The van der Waals surface area contributed by atoms with Crippen LogP contribution in [0.5, 0.6) is 0 Å². The van der Waals surface area contributed by atoms with Gasteiger partial charge in [-0.25, -0.2) is 0 Å². The van der Waals surface area contributed by atoms with Crippen molar-refractivity contribution in [2.45, 2.75) is 156 Å². The zero-order valence-corrected chi connectivity index (χ0v) is 38.3. The van der Waals surface area contributed by atoms with E-state index in [1.54, 1.807) is 27.7 Å². The second kappa shape index (κ2) is 26.4. The molecule has 4 amide bonds. The first kappa shape index (κ1) is 54.1. The standard InChI is InChI=1S/2C20H40N3O5P/c2*1-13(2)17(21)19(25)23-18(14(3)4)20(26)22-10-16(24)12-29(27,28)11-15-8-6-5-7-9-15/h2*13-18,24H,5-12,21H2,1-4H3,(H,22,26)(H,23,25)(H,27,28)/t16-,17-,18+;16-,17-,18-/m11/s1. The number of hydrogen-bond donors (Lipinski definition) is 10. The predicted octanol–water partition coefficient (Wildman–Crippen LogP) is 2.88. The van der Waals surface area contributed by atoms with E-state index >= 15 is 0 Å². The molecule has 8 atom stereocenters. The Morgan fingerprint density at radius 2 is 0.828 bits per heavy atom. The Morgan fingerprint density at radius 1 is 0.534 bits per heavy atom. The first-order valence-corrected chi connectivity index (χ1v) is 25.6. The molecule has 2 rings (SSSR count). The highest BCUT2D eigenvalue weighted by Crippen LogP contribution is 2.47. The van der Waals surface area contributed by atoms with Crippen LogP contribution in [0.3, 0.4) is 0 Å². The molecular formula is C40H80N6O10P2. The van der Waals surface area contributed by atoms with Gasteiger partial charge in [-0.05, 0) is 61.2 Å². The molecule has 0 radical (unpaired) electrons. The number of rotatable bonds is 22. The molecule has 0 spiro atoms. The molecule has 0 aromatic heterocycles. The van der Waals surface area contributed by atoms with Crippen LogP contribution in [0.25, 0.3) is 0 Å². The lowest BCUT2D eigenvalue weighted by molar-refractivity contribution is -0.131. The van der Waals surface area contributed by atoms with Crippen LogP contribution in [-0.4, -0.2) is 118 Å². The third kappa shape index (κ3) is 21.6. The van der Waals surface area contributed by atoms with Crippen molar-refractivity contribution in [3.05, 3.63) is 0 Å². The van der Waals surface area contributed by atoms with E-state index < -0.39 is 74.7 Å². The molecule has 2 saturated carbocycles. The summed E-state index contributed by atoms with van der Waals surface area (Å²) >= 11 is 0. The number of nitrogens with two attached hydrogens (primary N) is 2. The maximum atomic E-state index is 12.5. The smallest absolute Gasteiger partial charge is 0.242 e. The Bertz CT molecular complexity index is 1260. The van der Waals surface area contributed by atoms with Crippen molar-refractivity contribution in [3.8, 4) is 0 Å². The molecule has 2 unspecified atom stereocenters. The van der Waals surface area contributed by atoms with Crippen LogP contribution in [0, 0.1) is 35.5 Å². The molecular weight excluding hydrogens is 786 g/mol. The monoisotopic (exact) mass is 867 g/mol. The fourth-order valence-corrected chi connectivity index (χ4v) is 11.5.